The molecule has 0 bridgehead atoms. The minimum atomic E-state index is 0.0549. The van der Waals surface area contributed by atoms with E-state index >= 15 is 0 Å². The number of benzene rings is 1. The second kappa shape index (κ2) is 3.35. The van der Waals surface area contributed by atoms with Crippen LogP contribution in [-0.2, 0) is 0 Å². The third-order valence-electron chi connectivity index (χ3n) is 2.00. The Labute approximate surface area is 85.9 Å². The van der Waals surface area contributed by atoms with E-state index in [1.54, 1.807) is 25.3 Å². The fraction of sp³-hybridized carbons (Fsp3) is 0.100. The van der Waals surface area contributed by atoms with Crippen molar-refractivity contribution in [3.63, 3.8) is 0 Å². The van der Waals surface area contributed by atoms with Crippen LogP contribution >= 0.6 is 11.6 Å². The summed E-state index contributed by atoms with van der Waals surface area (Å²) in [6, 6.07) is 5.22. The van der Waals surface area contributed by atoms with Crippen LogP contribution in [0.1, 0.15) is 0 Å². The number of fused-ring (bicyclic) bond motifs is 1. The molecule has 0 unspecified atom stereocenters. The van der Waals surface area contributed by atoms with E-state index < -0.39 is 0 Å². The van der Waals surface area contributed by atoms with E-state index in [-0.39, 0.29) is 10.8 Å². The highest BCUT2D eigenvalue weighted by Gasteiger charge is 2.06. The smallest absolute Gasteiger partial charge is 0.145 e. The molecule has 0 aliphatic carbocycles. The molecule has 0 saturated heterocycles. The summed E-state index contributed by atoms with van der Waals surface area (Å²) < 4.78 is 5.04. The first-order chi connectivity index (χ1) is 6.72. The minimum absolute atomic E-state index is 0.0549. The standard InChI is InChI=1S/C10H8ClNO2/c1-14-6-2-3-7-9(4-6)12-5-8(11)10(7)13/h2-5H,1H3,(H,12,13). The molecule has 0 fully saturated rings. The van der Waals surface area contributed by atoms with Crippen LogP contribution in [0.25, 0.3) is 10.9 Å². The van der Waals surface area contributed by atoms with E-state index in [1.807, 2.05) is 0 Å². The largest absolute Gasteiger partial charge is 0.506 e. The van der Waals surface area contributed by atoms with E-state index in [4.69, 9.17) is 16.3 Å². The van der Waals surface area contributed by atoms with Crippen molar-refractivity contribution < 1.29 is 9.84 Å². The fourth-order valence-electron chi connectivity index (χ4n) is 1.26. The molecule has 2 rings (SSSR count). The molecule has 1 heterocycles. The van der Waals surface area contributed by atoms with Crippen LogP contribution in [0.4, 0.5) is 0 Å². The molecule has 14 heavy (non-hydrogen) atoms. The zero-order chi connectivity index (χ0) is 10.1. The van der Waals surface area contributed by atoms with Crippen molar-refractivity contribution in [2.45, 2.75) is 0 Å². The Kier molecular flexibility index (Phi) is 2.17. The third kappa shape index (κ3) is 1.36. The van der Waals surface area contributed by atoms with Gasteiger partial charge < -0.3 is 9.84 Å². The number of rotatable bonds is 1. The molecule has 0 spiro atoms. The lowest BCUT2D eigenvalue weighted by Gasteiger charge is -2.04. The zero-order valence-electron chi connectivity index (χ0n) is 7.49. The Bertz CT molecular complexity index is 485. The van der Waals surface area contributed by atoms with Gasteiger partial charge in [0.2, 0.25) is 0 Å². The molecule has 0 saturated carbocycles. The number of nitrogens with zero attached hydrogens (tertiary/aromatic N) is 1. The minimum Gasteiger partial charge on any atom is -0.506 e. The van der Waals surface area contributed by atoms with Crippen LogP contribution in [0.5, 0.6) is 11.5 Å². The van der Waals surface area contributed by atoms with Gasteiger partial charge in [0.1, 0.15) is 16.5 Å². The topological polar surface area (TPSA) is 42.4 Å². The van der Waals surface area contributed by atoms with E-state index in [0.717, 1.165) is 0 Å². The Hall–Kier alpha value is -1.48. The fourth-order valence-corrected chi connectivity index (χ4v) is 1.41. The molecule has 1 aromatic heterocycles. The maximum atomic E-state index is 9.61. The Balaban J connectivity index is 2.74. The summed E-state index contributed by atoms with van der Waals surface area (Å²) in [5.41, 5.74) is 0.659. The van der Waals surface area contributed by atoms with Crippen LogP contribution in [0.2, 0.25) is 5.02 Å². The van der Waals surface area contributed by atoms with E-state index in [1.165, 1.54) is 6.20 Å². The predicted octanol–water partition coefficient (Wildman–Crippen LogP) is 2.60. The highest BCUT2D eigenvalue weighted by Crippen LogP contribution is 2.31. The van der Waals surface area contributed by atoms with Gasteiger partial charge in [-0.05, 0) is 12.1 Å². The second-order valence-electron chi connectivity index (χ2n) is 2.84. The summed E-state index contributed by atoms with van der Waals surface area (Å²) in [4.78, 5) is 4.08. The number of halogens is 1. The first-order valence-electron chi connectivity index (χ1n) is 4.03. The monoisotopic (exact) mass is 209 g/mol. The van der Waals surface area contributed by atoms with E-state index in [0.29, 0.717) is 16.7 Å². The number of pyridine rings is 1. The second-order valence-corrected chi connectivity index (χ2v) is 3.25. The van der Waals surface area contributed by atoms with Crippen LogP contribution < -0.4 is 4.74 Å². The van der Waals surface area contributed by atoms with Crippen molar-refractivity contribution in [3.8, 4) is 11.5 Å². The van der Waals surface area contributed by atoms with Crippen LogP contribution in [0.15, 0.2) is 24.4 Å². The van der Waals surface area contributed by atoms with Gasteiger partial charge in [-0.2, -0.15) is 0 Å². The molecule has 2 aromatic rings. The van der Waals surface area contributed by atoms with Crippen molar-refractivity contribution in [2.75, 3.05) is 7.11 Å². The lowest BCUT2D eigenvalue weighted by atomic mass is 10.2. The molecular formula is C10H8ClNO2. The molecule has 0 aliphatic rings. The molecule has 3 nitrogen and oxygen atoms in total. The van der Waals surface area contributed by atoms with Crippen molar-refractivity contribution in [2.24, 2.45) is 0 Å². The number of hydrogen-bond donors (Lipinski definition) is 1. The average molecular weight is 210 g/mol. The molecule has 0 radical (unpaired) electrons. The number of hydrogen-bond acceptors (Lipinski definition) is 3. The molecular weight excluding hydrogens is 202 g/mol. The van der Waals surface area contributed by atoms with Crippen LogP contribution in [-0.4, -0.2) is 17.2 Å². The number of methoxy groups -OCH3 is 1. The Morgan fingerprint density at radius 2 is 2.21 bits per heavy atom. The molecule has 0 aliphatic heterocycles. The number of aromatic hydroxyl groups is 1. The number of aromatic nitrogens is 1. The van der Waals surface area contributed by atoms with Gasteiger partial charge in [-0.15, -0.1) is 0 Å². The quantitative estimate of drug-likeness (QED) is 0.785. The molecule has 1 aromatic carbocycles. The van der Waals surface area contributed by atoms with Crippen molar-refractivity contribution in [1.29, 1.82) is 0 Å². The van der Waals surface area contributed by atoms with Gasteiger partial charge in [0.25, 0.3) is 0 Å². The Morgan fingerprint density at radius 1 is 1.43 bits per heavy atom. The van der Waals surface area contributed by atoms with Gasteiger partial charge in [0.05, 0.1) is 12.6 Å². The maximum Gasteiger partial charge on any atom is 0.145 e. The van der Waals surface area contributed by atoms with Gasteiger partial charge in [-0.3, -0.25) is 4.98 Å². The normalized spacial score (nSPS) is 10.4. The average Bonchev–Trinajstić information content (AvgIpc) is 2.23. The summed E-state index contributed by atoms with van der Waals surface area (Å²) in [7, 11) is 1.58. The summed E-state index contributed by atoms with van der Waals surface area (Å²) in [5.74, 6) is 0.756. The summed E-state index contributed by atoms with van der Waals surface area (Å²) in [5, 5.41) is 10.5. The van der Waals surface area contributed by atoms with Crippen LogP contribution in [0, 0.1) is 0 Å². The first kappa shape index (κ1) is 9.09. The van der Waals surface area contributed by atoms with Gasteiger partial charge >= 0.3 is 0 Å². The summed E-state index contributed by atoms with van der Waals surface area (Å²) >= 11 is 5.72. The van der Waals surface area contributed by atoms with Crippen molar-refractivity contribution in [1.82, 2.24) is 4.98 Å². The molecule has 72 valence electrons. The lowest BCUT2D eigenvalue weighted by molar-refractivity contribution is 0.415. The van der Waals surface area contributed by atoms with Crippen molar-refractivity contribution >= 4 is 22.5 Å². The Morgan fingerprint density at radius 3 is 2.93 bits per heavy atom. The third-order valence-corrected chi connectivity index (χ3v) is 2.28. The maximum absolute atomic E-state index is 9.61. The van der Waals surface area contributed by atoms with Gasteiger partial charge in [0.15, 0.2) is 0 Å². The van der Waals surface area contributed by atoms with E-state index in [2.05, 4.69) is 4.98 Å². The zero-order valence-corrected chi connectivity index (χ0v) is 8.25. The predicted molar refractivity (Wildman–Crippen MR) is 55.0 cm³/mol. The van der Waals surface area contributed by atoms with Gasteiger partial charge in [0, 0.05) is 17.6 Å². The SMILES string of the molecule is COc1ccc2c(O)c(Cl)cnc2c1. The highest BCUT2D eigenvalue weighted by atomic mass is 35.5. The first-order valence-corrected chi connectivity index (χ1v) is 4.41. The van der Waals surface area contributed by atoms with Crippen LogP contribution in [0.3, 0.4) is 0 Å². The molecule has 4 heteroatoms. The molecule has 0 atom stereocenters. The molecule has 0 amide bonds. The summed E-state index contributed by atoms with van der Waals surface area (Å²) in [6.45, 7) is 0. The summed E-state index contributed by atoms with van der Waals surface area (Å²) in [6.07, 6.45) is 1.42. The highest BCUT2D eigenvalue weighted by molar-refractivity contribution is 6.32. The van der Waals surface area contributed by atoms with Gasteiger partial charge in [-0.25, -0.2) is 0 Å². The van der Waals surface area contributed by atoms with Gasteiger partial charge in [-0.1, -0.05) is 11.6 Å². The molecule has 1 N–H and O–H groups in total. The number of ether oxygens (including phenoxy) is 1. The van der Waals surface area contributed by atoms with E-state index in [9.17, 15) is 5.11 Å². The lowest BCUT2D eigenvalue weighted by Crippen LogP contribution is -1.85. The van der Waals surface area contributed by atoms with Crippen molar-refractivity contribution in [3.05, 3.63) is 29.4 Å².